The first-order valence-electron chi connectivity index (χ1n) is 24.4. The van der Waals surface area contributed by atoms with Gasteiger partial charge < -0.3 is 79.0 Å². The Morgan fingerprint density at radius 3 is 1.61 bits per heavy atom. The van der Waals surface area contributed by atoms with Crippen molar-refractivity contribution in [2.45, 2.75) is 142 Å². The fraction of sp³-hybridized carbons (Fsp3) is 0.604. The lowest BCUT2D eigenvalue weighted by Gasteiger charge is -2.29. The third-order valence-electron chi connectivity index (χ3n) is 11.8. The van der Waals surface area contributed by atoms with Gasteiger partial charge in [0.2, 0.25) is 53.2 Å². The quantitative estimate of drug-likeness (QED) is 0.0352. The molecule has 0 aliphatic rings. The Hall–Kier alpha value is -7.19. The lowest BCUT2D eigenvalue weighted by molar-refractivity contribution is -0.142. The normalized spacial score (nSPS) is 15.3. The summed E-state index contributed by atoms with van der Waals surface area (Å²) < 4.78 is 0. The lowest BCUT2D eigenvalue weighted by atomic mass is 9.96. The minimum Gasteiger partial charge on any atom is -0.508 e. The maximum atomic E-state index is 13.6. The molecule has 10 atom stereocenters. The molecular weight excluding hydrogens is 969 g/mol. The van der Waals surface area contributed by atoms with Crippen molar-refractivity contribution in [2.24, 2.45) is 29.4 Å². The Kier molecular flexibility index (Phi) is 26.2. The first-order valence-corrected chi connectivity index (χ1v) is 24.4. The number of carbonyl (C=O) groups is 10. The van der Waals surface area contributed by atoms with Gasteiger partial charge in [-0.15, -0.1) is 0 Å². The van der Waals surface area contributed by atoms with Gasteiger partial charge in [0.05, 0.1) is 32.1 Å². The Morgan fingerprint density at radius 2 is 1.09 bits per heavy atom. The number of phenols is 1. The van der Waals surface area contributed by atoms with Crippen LogP contribution in [0, 0.1) is 23.7 Å². The lowest BCUT2D eigenvalue weighted by Crippen LogP contribution is -2.61. The number of nitrogens with zero attached hydrogens (tertiary/aromatic N) is 1. The molecule has 0 fully saturated rings. The van der Waals surface area contributed by atoms with Crippen molar-refractivity contribution in [3.05, 3.63) is 48.0 Å². The number of rotatable bonds is 31. The van der Waals surface area contributed by atoms with Crippen molar-refractivity contribution in [3.8, 4) is 5.75 Å². The van der Waals surface area contributed by atoms with Crippen LogP contribution in [0.3, 0.4) is 0 Å². The molecular formula is C48H76N12O14. The van der Waals surface area contributed by atoms with Crippen LogP contribution in [0.5, 0.6) is 5.75 Å². The summed E-state index contributed by atoms with van der Waals surface area (Å²) in [6, 6.07) is -6.17. The van der Waals surface area contributed by atoms with E-state index < -0.39 is 151 Å². The number of hydrogen-bond donors (Lipinski definition) is 15. The number of aliphatic hydroxyl groups excluding tert-OH is 2. The summed E-state index contributed by atoms with van der Waals surface area (Å²) in [5.74, 6) is -10.9. The van der Waals surface area contributed by atoms with Crippen molar-refractivity contribution < 1.29 is 68.4 Å². The predicted molar refractivity (Wildman–Crippen MR) is 267 cm³/mol. The zero-order chi connectivity index (χ0) is 56.0. The first kappa shape index (κ1) is 62.9. The largest absolute Gasteiger partial charge is 0.508 e. The molecule has 74 heavy (non-hydrogen) atoms. The molecule has 0 radical (unpaired) electrons. The molecule has 0 aliphatic carbocycles. The maximum absolute atomic E-state index is 13.6. The average Bonchev–Trinajstić information content (AvgIpc) is 3.86. The number of imidazole rings is 1. The number of aromatic amines is 1. The third-order valence-corrected chi connectivity index (χ3v) is 11.8. The molecule has 26 nitrogen and oxygen atoms in total. The number of nitrogens with two attached hydrogens (primary N) is 1. The number of H-pyrrole nitrogens is 1. The van der Waals surface area contributed by atoms with Crippen molar-refractivity contribution in [1.29, 1.82) is 0 Å². The van der Waals surface area contributed by atoms with Gasteiger partial charge in [-0.3, -0.25) is 43.2 Å². The van der Waals surface area contributed by atoms with Gasteiger partial charge in [-0.25, -0.2) is 9.78 Å². The molecule has 0 unspecified atom stereocenters. The number of aliphatic hydroxyl groups is 2. The molecule has 0 aliphatic heterocycles. The standard InChI is InChI=1S/C48H76N12O14/c1-10-26(8)39(60-46(71)38(25(6)7)58-40(65)27(9)53-41(66)31(49)17-29-18-50-22-52-29)47(72)57-34(20-61)42(67)51-19-36(64)54-35(21-62)44(69)59-37(24(4)5)45(70)55-32(15-23(2)3)43(68)56-33(48(73)74)16-28-11-13-30(63)14-12-28/h11-14,18,22-27,31-35,37-39,61-63H,10,15-17,19-21,49H2,1-9H3,(H,50,52)(H,51,67)(H,53,66)(H,54,64)(H,55,70)(H,56,68)(H,57,72)(H,58,65)(H,59,69)(H,60,71)(H,73,74)/t26-,27-,31-,32-,33-,34-,35-,37-,38-,39-/m0/s1. The van der Waals surface area contributed by atoms with E-state index >= 15 is 0 Å². The van der Waals surface area contributed by atoms with Gasteiger partial charge in [0, 0.05) is 24.7 Å². The molecule has 0 spiro atoms. The first-order chi connectivity index (χ1) is 34.7. The number of carbonyl (C=O) groups excluding carboxylic acids is 9. The fourth-order valence-electron chi connectivity index (χ4n) is 7.15. The van der Waals surface area contributed by atoms with Crippen LogP contribution in [0.1, 0.15) is 86.4 Å². The second-order valence-electron chi connectivity index (χ2n) is 19.2. The molecule has 0 bridgehead atoms. The summed E-state index contributed by atoms with van der Waals surface area (Å²) in [5, 5.41) is 61.6. The Balaban J connectivity index is 2.05. The Bertz CT molecular complexity index is 2210. The molecule has 9 amide bonds. The molecule has 16 N–H and O–H groups in total. The number of carboxylic acid groups (broad SMARTS) is 1. The molecule has 1 aromatic carbocycles. The Morgan fingerprint density at radius 1 is 0.595 bits per heavy atom. The van der Waals surface area contributed by atoms with Crippen LogP contribution in [0.15, 0.2) is 36.8 Å². The van der Waals surface area contributed by atoms with E-state index in [1.165, 1.54) is 43.7 Å². The van der Waals surface area contributed by atoms with E-state index in [-0.39, 0.29) is 30.9 Å². The maximum Gasteiger partial charge on any atom is 0.326 e. The van der Waals surface area contributed by atoms with E-state index in [1.54, 1.807) is 55.4 Å². The summed E-state index contributed by atoms with van der Waals surface area (Å²) in [5.41, 5.74) is 7.09. The summed E-state index contributed by atoms with van der Waals surface area (Å²) in [6.45, 7) is 12.0. The smallest absolute Gasteiger partial charge is 0.326 e. The van der Waals surface area contributed by atoms with Gasteiger partial charge in [-0.1, -0.05) is 73.9 Å². The number of aliphatic carboxylic acids is 1. The number of carboxylic acids is 1. The number of aromatic hydroxyl groups is 1. The highest BCUT2D eigenvalue weighted by Gasteiger charge is 2.36. The summed E-state index contributed by atoms with van der Waals surface area (Å²) in [4.78, 5) is 139. The molecule has 1 heterocycles. The van der Waals surface area contributed by atoms with Crippen LogP contribution in [-0.2, 0) is 60.8 Å². The monoisotopic (exact) mass is 1040 g/mol. The number of nitrogens with one attached hydrogen (secondary N) is 10. The van der Waals surface area contributed by atoms with Crippen molar-refractivity contribution in [2.75, 3.05) is 19.8 Å². The number of phenolic OH excluding ortho intramolecular Hbond substituents is 1. The molecule has 26 heteroatoms. The van der Waals surface area contributed by atoms with Gasteiger partial charge in [0.1, 0.15) is 54.1 Å². The van der Waals surface area contributed by atoms with Crippen molar-refractivity contribution in [3.63, 3.8) is 0 Å². The molecule has 412 valence electrons. The van der Waals surface area contributed by atoms with Gasteiger partial charge in [0.15, 0.2) is 0 Å². The highest BCUT2D eigenvalue weighted by Crippen LogP contribution is 2.14. The zero-order valence-electron chi connectivity index (χ0n) is 43.3. The second kappa shape index (κ2) is 30.8. The molecule has 0 saturated heterocycles. The average molecular weight is 1050 g/mol. The second-order valence-corrected chi connectivity index (χ2v) is 19.2. The summed E-state index contributed by atoms with van der Waals surface area (Å²) in [7, 11) is 0. The minimum absolute atomic E-state index is 0.0337. The van der Waals surface area contributed by atoms with Gasteiger partial charge >= 0.3 is 5.97 Å². The minimum atomic E-state index is -1.66. The highest BCUT2D eigenvalue weighted by molar-refractivity contribution is 5.98. The summed E-state index contributed by atoms with van der Waals surface area (Å²) in [6.07, 6.45) is 3.36. The van der Waals surface area contributed by atoms with E-state index in [9.17, 15) is 68.4 Å². The van der Waals surface area contributed by atoms with E-state index in [2.05, 4.69) is 57.8 Å². The van der Waals surface area contributed by atoms with Crippen LogP contribution in [0.25, 0.3) is 0 Å². The molecule has 1 aromatic heterocycles. The van der Waals surface area contributed by atoms with Gasteiger partial charge in [-0.05, 0) is 54.7 Å². The number of hydrogen-bond acceptors (Lipinski definition) is 15. The van der Waals surface area contributed by atoms with Gasteiger partial charge in [-0.2, -0.15) is 0 Å². The zero-order valence-corrected chi connectivity index (χ0v) is 43.3. The third kappa shape index (κ3) is 20.7. The number of benzene rings is 1. The Labute approximate surface area is 429 Å². The van der Waals surface area contributed by atoms with Crippen molar-refractivity contribution in [1.82, 2.24) is 57.8 Å². The van der Waals surface area contributed by atoms with Crippen LogP contribution in [-0.4, -0.2) is 164 Å². The van der Waals surface area contributed by atoms with Crippen LogP contribution >= 0.6 is 0 Å². The molecule has 2 rings (SSSR count). The molecule has 0 saturated carbocycles. The van der Waals surface area contributed by atoms with Crippen LogP contribution in [0.2, 0.25) is 0 Å². The van der Waals surface area contributed by atoms with Crippen molar-refractivity contribution >= 4 is 59.1 Å². The van der Waals surface area contributed by atoms with Crippen LogP contribution < -0.4 is 53.6 Å². The number of amides is 9. The van der Waals surface area contributed by atoms with Crippen LogP contribution in [0.4, 0.5) is 0 Å². The van der Waals surface area contributed by atoms with E-state index in [0.29, 0.717) is 17.7 Å². The van der Waals surface area contributed by atoms with Gasteiger partial charge in [0.25, 0.3) is 0 Å². The SMILES string of the molecule is CC[C@H](C)[C@H](NC(=O)[C@@H](NC(=O)[C@H](C)NC(=O)[C@@H](N)Cc1cnc[nH]1)C(C)C)C(=O)N[C@@H](CO)C(=O)NCC(=O)N[C@@H](CO)C(=O)N[C@H](C(=O)N[C@@H](CC(C)C)C(=O)N[C@@H](Cc1ccc(O)cc1)C(=O)O)C(C)C. The predicted octanol–water partition coefficient (Wildman–Crippen LogP) is -3.28. The topological polar surface area (TPSA) is 415 Å². The summed E-state index contributed by atoms with van der Waals surface area (Å²) >= 11 is 0. The molecule has 2 aromatic rings. The highest BCUT2D eigenvalue weighted by atomic mass is 16.4. The fourth-order valence-corrected chi connectivity index (χ4v) is 7.15. The van der Waals surface area contributed by atoms with E-state index in [1.807, 2.05) is 0 Å². The number of aromatic nitrogens is 2. The van der Waals surface area contributed by atoms with E-state index in [0.717, 1.165) is 0 Å². The van der Waals surface area contributed by atoms with E-state index in [4.69, 9.17) is 5.73 Å².